The van der Waals surface area contributed by atoms with Crippen molar-refractivity contribution in [2.45, 2.75) is 24.7 Å². The molecule has 98 valence electrons. The summed E-state index contributed by atoms with van der Waals surface area (Å²) in [5.74, 6) is -0.359. The Morgan fingerprint density at radius 2 is 1.94 bits per heavy atom. The Labute approximate surface area is 110 Å². The number of esters is 1. The lowest BCUT2D eigenvalue weighted by Gasteiger charge is -2.03. The standard InChI is InChI=1S/C13H16O4S/c1-2-17-13(16)7-8-18-11-5-3-10(4-6-11)9-12(14)15/h3-6H,2,7-9H2,1H3,(H,14,15). The first kappa shape index (κ1) is 14.6. The van der Waals surface area contributed by atoms with Gasteiger partial charge >= 0.3 is 11.9 Å². The molecule has 0 saturated heterocycles. The second-order valence-electron chi connectivity index (χ2n) is 3.62. The van der Waals surface area contributed by atoms with Gasteiger partial charge in [0.05, 0.1) is 19.4 Å². The van der Waals surface area contributed by atoms with E-state index >= 15 is 0 Å². The van der Waals surface area contributed by atoms with E-state index in [2.05, 4.69) is 0 Å². The van der Waals surface area contributed by atoms with Crippen LogP contribution in [-0.4, -0.2) is 29.4 Å². The number of thioether (sulfide) groups is 1. The van der Waals surface area contributed by atoms with Gasteiger partial charge in [-0.05, 0) is 24.6 Å². The summed E-state index contributed by atoms with van der Waals surface area (Å²) < 4.78 is 4.83. The Hall–Kier alpha value is -1.49. The number of carboxylic acids is 1. The number of aliphatic carboxylic acids is 1. The molecule has 5 heteroatoms. The zero-order valence-corrected chi connectivity index (χ0v) is 11.0. The Balaban J connectivity index is 2.35. The molecule has 0 aromatic heterocycles. The quantitative estimate of drug-likeness (QED) is 0.607. The Morgan fingerprint density at radius 1 is 1.28 bits per heavy atom. The molecule has 0 heterocycles. The fourth-order valence-corrected chi connectivity index (χ4v) is 2.20. The molecule has 0 aliphatic heterocycles. The van der Waals surface area contributed by atoms with Gasteiger partial charge in [0.2, 0.25) is 0 Å². The van der Waals surface area contributed by atoms with E-state index in [4.69, 9.17) is 9.84 Å². The van der Waals surface area contributed by atoms with Gasteiger partial charge in [-0.3, -0.25) is 9.59 Å². The number of ether oxygens (including phenoxy) is 1. The SMILES string of the molecule is CCOC(=O)CCSc1ccc(CC(=O)O)cc1. The maximum absolute atomic E-state index is 11.1. The Morgan fingerprint density at radius 3 is 2.50 bits per heavy atom. The lowest BCUT2D eigenvalue weighted by molar-refractivity contribution is -0.142. The molecular weight excluding hydrogens is 252 g/mol. The van der Waals surface area contributed by atoms with Gasteiger partial charge in [-0.1, -0.05) is 12.1 Å². The first-order chi connectivity index (χ1) is 8.61. The van der Waals surface area contributed by atoms with E-state index in [1.165, 1.54) is 0 Å². The largest absolute Gasteiger partial charge is 0.481 e. The molecule has 0 aliphatic rings. The minimum absolute atomic E-state index is 0.0355. The summed E-state index contributed by atoms with van der Waals surface area (Å²) >= 11 is 1.55. The zero-order valence-electron chi connectivity index (χ0n) is 10.2. The van der Waals surface area contributed by atoms with Crippen LogP contribution in [-0.2, 0) is 20.7 Å². The molecule has 1 aromatic carbocycles. The zero-order chi connectivity index (χ0) is 13.4. The lowest BCUT2D eigenvalue weighted by atomic mass is 10.2. The third-order valence-corrected chi connectivity index (χ3v) is 3.17. The van der Waals surface area contributed by atoms with Crippen molar-refractivity contribution in [3.63, 3.8) is 0 Å². The van der Waals surface area contributed by atoms with Crippen LogP contribution in [0.5, 0.6) is 0 Å². The number of hydrogen-bond acceptors (Lipinski definition) is 4. The highest BCUT2D eigenvalue weighted by atomic mass is 32.2. The van der Waals surface area contributed by atoms with Crippen molar-refractivity contribution in [2.24, 2.45) is 0 Å². The van der Waals surface area contributed by atoms with Gasteiger partial charge in [0.15, 0.2) is 0 Å². The predicted octanol–water partition coefficient (Wildman–Crippen LogP) is 2.36. The molecule has 0 fully saturated rings. The second kappa shape index (κ2) is 7.76. The van der Waals surface area contributed by atoms with Crippen molar-refractivity contribution in [3.05, 3.63) is 29.8 Å². The maximum Gasteiger partial charge on any atom is 0.307 e. The van der Waals surface area contributed by atoms with Crippen molar-refractivity contribution in [3.8, 4) is 0 Å². The van der Waals surface area contributed by atoms with Crippen molar-refractivity contribution in [1.82, 2.24) is 0 Å². The molecule has 1 N–H and O–H groups in total. The molecule has 0 amide bonds. The molecule has 0 radical (unpaired) electrons. The van der Waals surface area contributed by atoms with Gasteiger partial charge in [0.25, 0.3) is 0 Å². The van der Waals surface area contributed by atoms with Crippen LogP contribution in [0.1, 0.15) is 18.9 Å². The minimum atomic E-state index is -0.835. The van der Waals surface area contributed by atoms with E-state index in [9.17, 15) is 9.59 Å². The summed E-state index contributed by atoms with van der Waals surface area (Å²) in [6.07, 6.45) is 0.420. The molecule has 18 heavy (non-hydrogen) atoms. The smallest absolute Gasteiger partial charge is 0.307 e. The van der Waals surface area contributed by atoms with Crippen LogP contribution in [0, 0.1) is 0 Å². The highest BCUT2D eigenvalue weighted by molar-refractivity contribution is 7.99. The average molecular weight is 268 g/mol. The van der Waals surface area contributed by atoms with E-state index in [1.54, 1.807) is 30.8 Å². The van der Waals surface area contributed by atoms with Crippen molar-refractivity contribution >= 4 is 23.7 Å². The van der Waals surface area contributed by atoms with Gasteiger partial charge in [-0.2, -0.15) is 0 Å². The van der Waals surface area contributed by atoms with Crippen molar-refractivity contribution in [2.75, 3.05) is 12.4 Å². The van der Waals surface area contributed by atoms with E-state index < -0.39 is 5.97 Å². The molecule has 1 aromatic rings. The summed E-state index contributed by atoms with van der Waals surface area (Å²) in [7, 11) is 0. The molecule has 0 saturated carbocycles. The number of benzene rings is 1. The fourth-order valence-electron chi connectivity index (χ4n) is 1.36. The average Bonchev–Trinajstić information content (AvgIpc) is 2.31. The topological polar surface area (TPSA) is 63.6 Å². The molecule has 0 spiro atoms. The number of carbonyl (C=O) groups is 2. The molecular formula is C13H16O4S. The van der Waals surface area contributed by atoms with Crippen LogP contribution in [0.2, 0.25) is 0 Å². The number of carboxylic acid groups (broad SMARTS) is 1. The molecule has 0 aliphatic carbocycles. The van der Waals surface area contributed by atoms with Crippen molar-refractivity contribution < 1.29 is 19.4 Å². The second-order valence-corrected chi connectivity index (χ2v) is 4.79. The summed E-state index contributed by atoms with van der Waals surface area (Å²) in [5, 5.41) is 8.63. The fraction of sp³-hybridized carbons (Fsp3) is 0.385. The molecule has 0 unspecified atom stereocenters. The predicted molar refractivity (Wildman–Crippen MR) is 69.8 cm³/mol. The highest BCUT2D eigenvalue weighted by Crippen LogP contribution is 2.19. The molecule has 4 nitrogen and oxygen atoms in total. The van der Waals surface area contributed by atoms with Crippen molar-refractivity contribution in [1.29, 1.82) is 0 Å². The molecule has 0 atom stereocenters. The third kappa shape index (κ3) is 5.72. The van der Waals surface area contributed by atoms with E-state index in [0.29, 0.717) is 18.8 Å². The molecule has 0 bridgehead atoms. The summed E-state index contributed by atoms with van der Waals surface area (Å²) in [4.78, 5) is 22.6. The van der Waals surface area contributed by atoms with Crippen LogP contribution in [0.4, 0.5) is 0 Å². The lowest BCUT2D eigenvalue weighted by Crippen LogP contribution is -2.04. The van der Waals surface area contributed by atoms with Gasteiger partial charge in [0.1, 0.15) is 0 Å². The highest BCUT2D eigenvalue weighted by Gasteiger charge is 2.03. The molecule has 1 rings (SSSR count). The van der Waals surface area contributed by atoms with Crippen LogP contribution < -0.4 is 0 Å². The summed E-state index contributed by atoms with van der Waals surface area (Å²) in [6.45, 7) is 2.19. The Bertz CT molecular complexity index is 400. The first-order valence-electron chi connectivity index (χ1n) is 5.71. The summed E-state index contributed by atoms with van der Waals surface area (Å²) in [5.41, 5.74) is 0.775. The van der Waals surface area contributed by atoms with Gasteiger partial charge in [-0.15, -0.1) is 11.8 Å². The number of rotatable bonds is 7. The number of carbonyl (C=O) groups excluding carboxylic acids is 1. The first-order valence-corrected chi connectivity index (χ1v) is 6.69. The Kier molecular flexibility index (Phi) is 6.28. The third-order valence-electron chi connectivity index (χ3n) is 2.16. The van der Waals surface area contributed by atoms with Gasteiger partial charge in [-0.25, -0.2) is 0 Å². The van der Waals surface area contributed by atoms with E-state index in [1.807, 2.05) is 12.1 Å². The summed E-state index contributed by atoms with van der Waals surface area (Å²) in [6, 6.07) is 7.32. The van der Waals surface area contributed by atoms with Gasteiger partial charge in [0, 0.05) is 10.6 Å². The van der Waals surface area contributed by atoms with Crippen LogP contribution in [0.25, 0.3) is 0 Å². The van der Waals surface area contributed by atoms with Crippen LogP contribution >= 0.6 is 11.8 Å². The van der Waals surface area contributed by atoms with Crippen LogP contribution in [0.15, 0.2) is 29.2 Å². The monoisotopic (exact) mass is 268 g/mol. The van der Waals surface area contributed by atoms with E-state index in [-0.39, 0.29) is 12.4 Å². The van der Waals surface area contributed by atoms with Crippen LogP contribution in [0.3, 0.4) is 0 Å². The maximum atomic E-state index is 11.1. The van der Waals surface area contributed by atoms with E-state index in [0.717, 1.165) is 10.5 Å². The normalized spacial score (nSPS) is 10.1. The van der Waals surface area contributed by atoms with Gasteiger partial charge < -0.3 is 9.84 Å². The number of hydrogen-bond donors (Lipinski definition) is 1. The minimum Gasteiger partial charge on any atom is -0.481 e.